The number of ether oxygens (including phenoxy) is 2. The van der Waals surface area contributed by atoms with E-state index in [1.165, 1.54) is 7.11 Å². The van der Waals surface area contributed by atoms with Crippen molar-refractivity contribution in [1.29, 1.82) is 0 Å². The summed E-state index contributed by atoms with van der Waals surface area (Å²) in [4.78, 5) is 25.4. The number of esters is 1. The normalized spacial score (nSPS) is 15.0. The molecule has 23 heavy (non-hydrogen) atoms. The Morgan fingerprint density at radius 3 is 2.57 bits per heavy atom. The Hall–Kier alpha value is -2.12. The fourth-order valence-electron chi connectivity index (χ4n) is 2.27. The van der Waals surface area contributed by atoms with Gasteiger partial charge in [0.05, 0.1) is 32.4 Å². The van der Waals surface area contributed by atoms with Gasteiger partial charge < -0.3 is 20.1 Å². The van der Waals surface area contributed by atoms with Crippen molar-refractivity contribution in [2.75, 3.05) is 58.4 Å². The third-order valence-corrected chi connectivity index (χ3v) is 3.61. The van der Waals surface area contributed by atoms with Gasteiger partial charge in [0.15, 0.2) is 0 Å². The molecule has 1 aromatic rings. The van der Waals surface area contributed by atoms with Crippen molar-refractivity contribution in [3.8, 4) is 0 Å². The summed E-state index contributed by atoms with van der Waals surface area (Å²) in [6.07, 6.45) is 0. The van der Waals surface area contributed by atoms with Gasteiger partial charge in [0, 0.05) is 31.9 Å². The van der Waals surface area contributed by atoms with Gasteiger partial charge in [-0.3, -0.25) is 9.69 Å². The smallest absolute Gasteiger partial charge is 0.337 e. The van der Waals surface area contributed by atoms with Crippen LogP contribution in [0.4, 0.5) is 5.69 Å². The van der Waals surface area contributed by atoms with Crippen LogP contribution in [0, 0.1) is 0 Å². The second-order valence-electron chi connectivity index (χ2n) is 5.23. The van der Waals surface area contributed by atoms with Crippen LogP contribution in [-0.2, 0) is 14.3 Å². The molecule has 0 radical (unpaired) electrons. The number of carbonyl (C=O) groups is 2. The molecule has 1 aromatic carbocycles. The lowest BCUT2D eigenvalue weighted by atomic mass is 10.2. The molecule has 1 aliphatic heterocycles. The minimum Gasteiger partial charge on any atom is -0.465 e. The van der Waals surface area contributed by atoms with Crippen molar-refractivity contribution in [2.24, 2.45) is 0 Å². The Labute approximate surface area is 135 Å². The van der Waals surface area contributed by atoms with Gasteiger partial charge in [-0.1, -0.05) is 0 Å². The molecule has 0 aromatic heterocycles. The number of nitrogens with one attached hydrogen (secondary N) is 2. The fourth-order valence-corrected chi connectivity index (χ4v) is 2.27. The lowest BCUT2D eigenvalue weighted by Crippen LogP contribution is -2.42. The van der Waals surface area contributed by atoms with Gasteiger partial charge in [0.2, 0.25) is 5.91 Å². The van der Waals surface area contributed by atoms with E-state index in [9.17, 15) is 9.59 Å². The molecule has 1 heterocycles. The predicted octanol–water partition coefficient (Wildman–Crippen LogP) is 0.334. The number of hydrogen-bond donors (Lipinski definition) is 2. The average molecular weight is 321 g/mol. The van der Waals surface area contributed by atoms with Crippen LogP contribution < -0.4 is 10.6 Å². The van der Waals surface area contributed by atoms with Crippen LogP contribution in [0.3, 0.4) is 0 Å². The van der Waals surface area contributed by atoms with E-state index in [1.54, 1.807) is 24.3 Å². The van der Waals surface area contributed by atoms with Crippen molar-refractivity contribution in [3.05, 3.63) is 29.8 Å². The highest BCUT2D eigenvalue weighted by atomic mass is 16.5. The summed E-state index contributed by atoms with van der Waals surface area (Å²) in [5.74, 6) is -0.437. The van der Waals surface area contributed by atoms with Gasteiger partial charge in [-0.15, -0.1) is 0 Å². The number of nitrogens with zero attached hydrogens (tertiary/aromatic N) is 1. The lowest BCUT2D eigenvalue weighted by Gasteiger charge is -2.26. The number of carbonyl (C=O) groups excluding carboxylic acids is 2. The van der Waals surface area contributed by atoms with Gasteiger partial charge >= 0.3 is 5.97 Å². The Bertz CT molecular complexity index is 513. The van der Waals surface area contributed by atoms with E-state index < -0.39 is 0 Å². The Balaban J connectivity index is 1.64. The minimum absolute atomic E-state index is 0.0599. The summed E-state index contributed by atoms with van der Waals surface area (Å²) < 4.78 is 9.91. The average Bonchev–Trinajstić information content (AvgIpc) is 2.60. The van der Waals surface area contributed by atoms with E-state index in [2.05, 4.69) is 20.3 Å². The molecule has 1 amide bonds. The van der Waals surface area contributed by atoms with E-state index in [-0.39, 0.29) is 18.4 Å². The van der Waals surface area contributed by atoms with Crippen molar-refractivity contribution in [3.63, 3.8) is 0 Å². The molecular weight excluding hydrogens is 298 g/mol. The molecule has 126 valence electrons. The molecule has 0 saturated carbocycles. The Morgan fingerprint density at radius 2 is 1.91 bits per heavy atom. The zero-order chi connectivity index (χ0) is 16.5. The van der Waals surface area contributed by atoms with E-state index in [0.717, 1.165) is 38.5 Å². The monoisotopic (exact) mass is 321 g/mol. The van der Waals surface area contributed by atoms with Crippen molar-refractivity contribution >= 4 is 17.6 Å². The van der Waals surface area contributed by atoms with Gasteiger partial charge in [-0.2, -0.15) is 0 Å². The quantitative estimate of drug-likeness (QED) is 0.705. The van der Waals surface area contributed by atoms with E-state index >= 15 is 0 Å². The van der Waals surface area contributed by atoms with E-state index in [0.29, 0.717) is 12.1 Å². The standard InChI is InChI=1S/C16H23N3O4/c1-22-16(21)13-2-4-14(5-3-13)18-12-15(20)17-6-7-19-8-10-23-11-9-19/h2-5,18H,6-12H2,1H3,(H,17,20). The van der Waals surface area contributed by atoms with Crippen LogP contribution in [0.5, 0.6) is 0 Å². The largest absolute Gasteiger partial charge is 0.465 e. The van der Waals surface area contributed by atoms with Crippen LogP contribution in [0.1, 0.15) is 10.4 Å². The molecule has 1 fully saturated rings. The predicted molar refractivity (Wildman–Crippen MR) is 86.5 cm³/mol. The highest BCUT2D eigenvalue weighted by Gasteiger charge is 2.10. The van der Waals surface area contributed by atoms with Crippen LogP contribution in [0.25, 0.3) is 0 Å². The molecule has 0 bridgehead atoms. The van der Waals surface area contributed by atoms with E-state index in [1.807, 2.05) is 0 Å². The molecule has 2 rings (SSSR count). The summed E-state index contributed by atoms with van der Waals surface area (Å²) in [5.41, 5.74) is 1.26. The minimum atomic E-state index is -0.377. The molecule has 2 N–H and O–H groups in total. The number of methoxy groups -OCH3 is 1. The molecule has 1 aliphatic rings. The topological polar surface area (TPSA) is 79.9 Å². The SMILES string of the molecule is COC(=O)c1ccc(NCC(=O)NCCN2CCOCC2)cc1. The number of benzene rings is 1. The van der Waals surface area contributed by atoms with Crippen molar-refractivity contribution in [2.45, 2.75) is 0 Å². The summed E-state index contributed by atoms with van der Waals surface area (Å²) in [5, 5.41) is 5.90. The third kappa shape index (κ3) is 5.88. The second kappa shape index (κ2) is 9.12. The summed E-state index contributed by atoms with van der Waals surface area (Å²) >= 11 is 0. The fraction of sp³-hybridized carbons (Fsp3) is 0.500. The molecule has 1 saturated heterocycles. The molecule has 0 atom stereocenters. The first kappa shape index (κ1) is 17.2. The lowest BCUT2D eigenvalue weighted by molar-refractivity contribution is -0.119. The second-order valence-corrected chi connectivity index (χ2v) is 5.23. The third-order valence-electron chi connectivity index (χ3n) is 3.61. The van der Waals surface area contributed by atoms with Crippen LogP contribution in [-0.4, -0.2) is 69.8 Å². The summed E-state index contributed by atoms with van der Waals surface area (Å²) in [6, 6.07) is 6.80. The van der Waals surface area contributed by atoms with Gasteiger partial charge in [0.1, 0.15) is 0 Å². The first-order chi connectivity index (χ1) is 11.2. The number of rotatable bonds is 7. The van der Waals surface area contributed by atoms with Crippen molar-refractivity contribution in [1.82, 2.24) is 10.2 Å². The number of morpholine rings is 1. The van der Waals surface area contributed by atoms with Crippen LogP contribution in [0.2, 0.25) is 0 Å². The number of amides is 1. The first-order valence-electron chi connectivity index (χ1n) is 7.68. The van der Waals surface area contributed by atoms with Crippen LogP contribution >= 0.6 is 0 Å². The molecule has 0 unspecified atom stereocenters. The maximum absolute atomic E-state index is 11.8. The highest BCUT2D eigenvalue weighted by molar-refractivity contribution is 5.89. The van der Waals surface area contributed by atoms with E-state index in [4.69, 9.17) is 4.74 Å². The van der Waals surface area contributed by atoms with Gasteiger partial charge in [-0.05, 0) is 24.3 Å². The van der Waals surface area contributed by atoms with Crippen LogP contribution in [0.15, 0.2) is 24.3 Å². The van der Waals surface area contributed by atoms with Gasteiger partial charge in [-0.25, -0.2) is 4.79 Å². The first-order valence-corrected chi connectivity index (χ1v) is 7.68. The zero-order valence-electron chi connectivity index (χ0n) is 13.3. The molecule has 0 spiro atoms. The molecule has 0 aliphatic carbocycles. The zero-order valence-corrected chi connectivity index (χ0v) is 13.3. The van der Waals surface area contributed by atoms with Crippen molar-refractivity contribution < 1.29 is 19.1 Å². The Morgan fingerprint density at radius 1 is 1.22 bits per heavy atom. The maximum Gasteiger partial charge on any atom is 0.337 e. The molecule has 7 heteroatoms. The maximum atomic E-state index is 11.8. The number of anilines is 1. The molecular formula is C16H23N3O4. The highest BCUT2D eigenvalue weighted by Crippen LogP contribution is 2.09. The van der Waals surface area contributed by atoms with Gasteiger partial charge in [0.25, 0.3) is 0 Å². The Kier molecular flexibility index (Phi) is 6.83. The number of hydrogen-bond acceptors (Lipinski definition) is 6. The summed E-state index contributed by atoms with van der Waals surface area (Å²) in [6.45, 7) is 5.01. The summed E-state index contributed by atoms with van der Waals surface area (Å²) in [7, 11) is 1.34. The molecule has 7 nitrogen and oxygen atoms in total.